The van der Waals surface area contributed by atoms with E-state index in [4.69, 9.17) is 4.74 Å². The Morgan fingerprint density at radius 3 is 2.24 bits per heavy atom. The molecule has 3 aromatic carbocycles. The molecule has 3 rings (SSSR count). The lowest BCUT2D eigenvalue weighted by atomic mass is 10.1. The Bertz CT molecular complexity index is 1460. The quantitative estimate of drug-likeness (QED) is 0.267. The van der Waals surface area contributed by atoms with Gasteiger partial charge in [-0.1, -0.05) is 68.8 Å². The van der Waals surface area contributed by atoms with Crippen LogP contribution in [0.25, 0.3) is 0 Å². The van der Waals surface area contributed by atoms with Crippen LogP contribution in [0.1, 0.15) is 57.2 Å². The summed E-state index contributed by atoms with van der Waals surface area (Å²) in [6.07, 6.45) is 1.67. The fraction of sp³-hybridized carbons (Fsp3) is 0.394. The van der Waals surface area contributed by atoms with E-state index >= 15 is 0 Å². The smallest absolute Gasteiger partial charge is 0.264 e. The van der Waals surface area contributed by atoms with Gasteiger partial charge in [-0.25, -0.2) is 8.42 Å². The van der Waals surface area contributed by atoms with E-state index in [0.717, 1.165) is 23.1 Å². The standard InChI is InChI=1S/C33H43N3O5S/c1-7-25(5)34-33(38)30(9-3)35(22-26-13-12-15-28(21-26)41-6)32(37)23-36(31-16-11-10-14-27(31)8-2)42(39,40)29-19-17-24(4)18-20-29/h10-21,25,30H,7-9,22-23H2,1-6H3,(H,34,38). The van der Waals surface area contributed by atoms with Crippen LogP contribution in [0.3, 0.4) is 0 Å². The monoisotopic (exact) mass is 593 g/mol. The molecule has 0 saturated carbocycles. The van der Waals surface area contributed by atoms with E-state index < -0.39 is 28.5 Å². The van der Waals surface area contributed by atoms with E-state index in [0.29, 0.717) is 24.3 Å². The first-order valence-electron chi connectivity index (χ1n) is 14.5. The van der Waals surface area contributed by atoms with Gasteiger partial charge in [0, 0.05) is 12.6 Å². The van der Waals surface area contributed by atoms with Crippen LogP contribution in [0.15, 0.2) is 77.7 Å². The van der Waals surface area contributed by atoms with Gasteiger partial charge in [-0.2, -0.15) is 0 Å². The van der Waals surface area contributed by atoms with Crippen LogP contribution in [-0.2, 0) is 32.6 Å². The third-order valence-corrected chi connectivity index (χ3v) is 9.18. The van der Waals surface area contributed by atoms with Crippen LogP contribution in [-0.4, -0.2) is 50.9 Å². The van der Waals surface area contributed by atoms with Gasteiger partial charge in [0.25, 0.3) is 10.0 Å². The third-order valence-electron chi connectivity index (χ3n) is 7.40. The molecule has 8 nitrogen and oxygen atoms in total. The summed E-state index contributed by atoms with van der Waals surface area (Å²) in [5, 5.41) is 3.00. The number of nitrogens with one attached hydrogen (secondary N) is 1. The number of carbonyl (C=O) groups excluding carboxylic acids is 2. The molecule has 0 radical (unpaired) electrons. The lowest BCUT2D eigenvalue weighted by Gasteiger charge is -2.34. The predicted octanol–water partition coefficient (Wildman–Crippen LogP) is 5.48. The lowest BCUT2D eigenvalue weighted by Crippen LogP contribution is -2.53. The van der Waals surface area contributed by atoms with E-state index in [1.165, 1.54) is 9.21 Å². The minimum absolute atomic E-state index is 0.0739. The molecule has 2 unspecified atom stereocenters. The zero-order valence-electron chi connectivity index (χ0n) is 25.5. The molecule has 0 aliphatic heterocycles. The van der Waals surface area contributed by atoms with Gasteiger partial charge in [0.05, 0.1) is 17.7 Å². The molecule has 226 valence electrons. The van der Waals surface area contributed by atoms with Crippen molar-refractivity contribution in [3.63, 3.8) is 0 Å². The Balaban J connectivity index is 2.11. The Hall–Kier alpha value is -3.85. The number of ether oxygens (including phenoxy) is 1. The average Bonchev–Trinajstić information content (AvgIpc) is 2.99. The first-order valence-corrected chi connectivity index (χ1v) is 15.9. The number of anilines is 1. The van der Waals surface area contributed by atoms with Gasteiger partial charge in [0.2, 0.25) is 11.8 Å². The first-order chi connectivity index (χ1) is 20.0. The Labute approximate surface area is 250 Å². The zero-order chi connectivity index (χ0) is 30.9. The fourth-order valence-corrected chi connectivity index (χ4v) is 6.18. The Morgan fingerprint density at radius 1 is 0.929 bits per heavy atom. The molecule has 0 aliphatic rings. The van der Waals surface area contributed by atoms with Crippen molar-refractivity contribution < 1.29 is 22.7 Å². The van der Waals surface area contributed by atoms with Crippen molar-refractivity contribution in [2.45, 2.75) is 77.4 Å². The van der Waals surface area contributed by atoms with Crippen LogP contribution in [0.4, 0.5) is 5.69 Å². The van der Waals surface area contributed by atoms with Crippen molar-refractivity contribution in [3.05, 3.63) is 89.5 Å². The SMILES string of the molecule is CCc1ccccc1N(CC(=O)N(Cc1cccc(OC)c1)C(CC)C(=O)NC(C)CC)S(=O)(=O)c1ccc(C)cc1. The number of methoxy groups -OCH3 is 1. The van der Waals surface area contributed by atoms with Crippen molar-refractivity contribution in [1.82, 2.24) is 10.2 Å². The second-order valence-electron chi connectivity index (χ2n) is 10.4. The molecule has 0 fully saturated rings. The van der Waals surface area contributed by atoms with E-state index in [9.17, 15) is 18.0 Å². The summed E-state index contributed by atoms with van der Waals surface area (Å²) in [5.74, 6) is -0.131. The zero-order valence-corrected chi connectivity index (χ0v) is 26.3. The summed E-state index contributed by atoms with van der Waals surface area (Å²) in [6.45, 7) is 9.20. The van der Waals surface area contributed by atoms with Gasteiger partial charge in [-0.15, -0.1) is 0 Å². The molecule has 42 heavy (non-hydrogen) atoms. The molecule has 0 spiro atoms. The number of nitrogens with zero attached hydrogens (tertiary/aromatic N) is 2. The fourth-order valence-electron chi connectivity index (χ4n) is 4.73. The molecule has 2 amide bonds. The van der Waals surface area contributed by atoms with Crippen molar-refractivity contribution in [1.29, 1.82) is 0 Å². The first kappa shape index (κ1) is 32.7. The van der Waals surface area contributed by atoms with Crippen molar-refractivity contribution in [3.8, 4) is 5.75 Å². The van der Waals surface area contributed by atoms with Crippen LogP contribution in [0, 0.1) is 6.92 Å². The second kappa shape index (κ2) is 14.9. The maximum atomic E-state index is 14.3. The van der Waals surface area contributed by atoms with E-state index in [2.05, 4.69) is 5.32 Å². The van der Waals surface area contributed by atoms with E-state index in [-0.39, 0.29) is 23.4 Å². The molecular formula is C33H43N3O5S. The van der Waals surface area contributed by atoms with Gasteiger partial charge >= 0.3 is 0 Å². The van der Waals surface area contributed by atoms with Crippen molar-refractivity contribution in [2.75, 3.05) is 18.0 Å². The molecule has 9 heteroatoms. The number of hydrogen-bond acceptors (Lipinski definition) is 5. The number of hydrogen-bond donors (Lipinski definition) is 1. The van der Waals surface area contributed by atoms with Crippen molar-refractivity contribution in [2.24, 2.45) is 0 Å². The molecule has 0 heterocycles. The van der Waals surface area contributed by atoms with Gasteiger partial charge < -0.3 is 15.0 Å². The largest absolute Gasteiger partial charge is 0.497 e. The normalized spacial score (nSPS) is 12.7. The van der Waals surface area contributed by atoms with Gasteiger partial charge in [-0.3, -0.25) is 13.9 Å². The van der Waals surface area contributed by atoms with Crippen LogP contribution < -0.4 is 14.4 Å². The number of amides is 2. The van der Waals surface area contributed by atoms with Crippen LogP contribution in [0.5, 0.6) is 5.75 Å². The molecular weight excluding hydrogens is 550 g/mol. The highest BCUT2D eigenvalue weighted by molar-refractivity contribution is 7.92. The summed E-state index contributed by atoms with van der Waals surface area (Å²) >= 11 is 0. The van der Waals surface area contributed by atoms with Gasteiger partial charge in [-0.05, 0) is 74.6 Å². The molecule has 0 aromatic heterocycles. The molecule has 1 N–H and O–H groups in total. The summed E-state index contributed by atoms with van der Waals surface area (Å²) in [5.41, 5.74) is 2.92. The summed E-state index contributed by atoms with van der Waals surface area (Å²) < 4.78 is 34.8. The molecule has 0 aliphatic carbocycles. The molecule has 0 saturated heterocycles. The second-order valence-corrected chi connectivity index (χ2v) is 12.3. The number of benzene rings is 3. The number of para-hydroxylation sites is 1. The summed E-state index contributed by atoms with van der Waals surface area (Å²) in [4.78, 5) is 29.3. The Kier molecular flexibility index (Phi) is 11.6. The number of carbonyl (C=O) groups is 2. The minimum Gasteiger partial charge on any atom is -0.497 e. The number of sulfonamides is 1. The van der Waals surface area contributed by atoms with Crippen LogP contribution >= 0.6 is 0 Å². The van der Waals surface area contributed by atoms with E-state index in [1.807, 2.05) is 65.0 Å². The number of aryl methyl sites for hydroxylation is 2. The Morgan fingerprint density at radius 2 is 1.62 bits per heavy atom. The highest BCUT2D eigenvalue weighted by atomic mass is 32.2. The van der Waals surface area contributed by atoms with E-state index in [1.54, 1.807) is 49.6 Å². The average molecular weight is 594 g/mol. The maximum Gasteiger partial charge on any atom is 0.264 e. The topological polar surface area (TPSA) is 96.0 Å². The number of rotatable bonds is 14. The molecule has 0 bridgehead atoms. The van der Waals surface area contributed by atoms with Crippen LogP contribution in [0.2, 0.25) is 0 Å². The third kappa shape index (κ3) is 7.91. The molecule has 3 aromatic rings. The maximum absolute atomic E-state index is 14.3. The highest BCUT2D eigenvalue weighted by Gasteiger charge is 2.34. The lowest BCUT2D eigenvalue weighted by molar-refractivity contribution is -0.140. The predicted molar refractivity (Wildman–Crippen MR) is 167 cm³/mol. The van der Waals surface area contributed by atoms with Gasteiger partial charge in [0.1, 0.15) is 18.3 Å². The van der Waals surface area contributed by atoms with Crippen molar-refractivity contribution >= 4 is 27.5 Å². The summed E-state index contributed by atoms with van der Waals surface area (Å²) in [6, 6.07) is 20.2. The summed E-state index contributed by atoms with van der Waals surface area (Å²) in [7, 11) is -2.56. The van der Waals surface area contributed by atoms with Gasteiger partial charge in [0.15, 0.2) is 0 Å². The minimum atomic E-state index is -4.13. The molecule has 2 atom stereocenters. The highest BCUT2D eigenvalue weighted by Crippen LogP contribution is 2.29.